The largest absolute Gasteiger partial charge is 0.377 e. The maximum absolute atomic E-state index is 11.4. The summed E-state index contributed by atoms with van der Waals surface area (Å²) >= 11 is 6.10. The van der Waals surface area contributed by atoms with E-state index in [0.29, 0.717) is 17.9 Å². The molecule has 0 bridgehead atoms. The molecule has 0 radical (unpaired) electrons. The van der Waals surface area contributed by atoms with E-state index in [9.17, 15) is 4.79 Å². The van der Waals surface area contributed by atoms with Gasteiger partial charge in [-0.3, -0.25) is 0 Å². The minimum Gasteiger partial charge on any atom is -0.368 e. The molecular weight excluding hydrogens is 280 g/mol. The Morgan fingerprint density at radius 3 is 2.70 bits per heavy atom. The van der Waals surface area contributed by atoms with Gasteiger partial charge in [-0.15, -0.1) is 0 Å². The Kier molecular flexibility index (Phi) is 4.29. The summed E-state index contributed by atoms with van der Waals surface area (Å²) in [7, 11) is 0. The highest BCUT2D eigenvalue weighted by Crippen LogP contribution is 2.28. The molecule has 0 aliphatic rings. The van der Waals surface area contributed by atoms with Crippen molar-refractivity contribution in [2.75, 3.05) is 0 Å². The van der Waals surface area contributed by atoms with Crippen molar-refractivity contribution in [3.8, 4) is 11.3 Å². The molecule has 20 heavy (non-hydrogen) atoms. The Bertz CT molecular complexity index is 661. The van der Waals surface area contributed by atoms with E-state index in [1.54, 1.807) is 6.92 Å². The van der Waals surface area contributed by atoms with Crippen LogP contribution in [-0.2, 0) is 11.4 Å². The van der Waals surface area contributed by atoms with Crippen LogP contribution in [0.1, 0.15) is 21.7 Å². The third kappa shape index (κ3) is 2.62. The van der Waals surface area contributed by atoms with Gasteiger partial charge in [0.1, 0.15) is 5.69 Å². The number of aryl methyl sites for hydroxylation is 1. The maximum atomic E-state index is 11.4. The zero-order valence-corrected chi connectivity index (χ0v) is 11.5. The van der Waals surface area contributed by atoms with Crippen LogP contribution in [-0.4, -0.2) is 15.9 Å². The molecule has 1 heterocycles. The second-order valence-corrected chi connectivity index (χ2v) is 4.42. The summed E-state index contributed by atoms with van der Waals surface area (Å²) in [4.78, 5) is 23.9. The van der Waals surface area contributed by atoms with Gasteiger partial charge in [-0.05, 0) is 12.5 Å². The molecule has 7 heteroatoms. The van der Waals surface area contributed by atoms with Crippen LogP contribution in [0.4, 0.5) is 0 Å². The predicted molar refractivity (Wildman–Crippen MR) is 74.7 cm³/mol. The average Bonchev–Trinajstić information content (AvgIpc) is 2.48. The van der Waals surface area contributed by atoms with Gasteiger partial charge in [-0.25, -0.2) is 14.8 Å². The quantitative estimate of drug-likeness (QED) is 0.833. The number of halogens is 1. The van der Waals surface area contributed by atoms with E-state index in [-0.39, 0.29) is 10.8 Å². The molecule has 0 unspecified atom stereocenters. The Morgan fingerprint density at radius 2 is 2.05 bits per heavy atom. The summed E-state index contributed by atoms with van der Waals surface area (Å²) < 4.78 is 0. The van der Waals surface area contributed by atoms with Gasteiger partial charge in [0.05, 0.1) is 5.69 Å². The van der Waals surface area contributed by atoms with Crippen LogP contribution in [0.25, 0.3) is 11.3 Å². The van der Waals surface area contributed by atoms with E-state index in [4.69, 9.17) is 23.2 Å². The Balaban J connectivity index is 2.59. The molecule has 2 rings (SSSR count). The van der Waals surface area contributed by atoms with E-state index in [1.807, 2.05) is 24.3 Å². The number of hydrogen-bond acceptors (Lipinski definition) is 6. The Morgan fingerprint density at radius 1 is 1.35 bits per heavy atom. The molecule has 0 atom stereocenters. The standard InChI is InChI=1S/C13H13ClN4O2/c1-7-10(13(19)20-16)18-12(14)11(17-7)9-5-3-2-4-8(9)6-15/h2-5H,6,15-16H2,1H3. The van der Waals surface area contributed by atoms with Crippen molar-refractivity contribution in [3.05, 3.63) is 46.4 Å². The number of nitrogens with zero attached hydrogens (tertiary/aromatic N) is 2. The fourth-order valence-corrected chi connectivity index (χ4v) is 2.08. The first-order chi connectivity index (χ1) is 9.58. The lowest BCUT2D eigenvalue weighted by Crippen LogP contribution is -2.15. The molecule has 0 spiro atoms. The summed E-state index contributed by atoms with van der Waals surface area (Å²) in [6, 6.07) is 7.45. The van der Waals surface area contributed by atoms with Crippen LogP contribution in [0.15, 0.2) is 24.3 Å². The summed E-state index contributed by atoms with van der Waals surface area (Å²) in [5.74, 6) is 4.06. The molecule has 0 fully saturated rings. The zero-order valence-electron chi connectivity index (χ0n) is 10.8. The lowest BCUT2D eigenvalue weighted by molar-refractivity contribution is 0.0495. The normalized spacial score (nSPS) is 10.4. The molecule has 6 nitrogen and oxygen atoms in total. The summed E-state index contributed by atoms with van der Waals surface area (Å²) in [5.41, 5.74) is 8.21. The Hall–Kier alpha value is -2.02. The van der Waals surface area contributed by atoms with Gasteiger partial charge in [-0.1, -0.05) is 35.9 Å². The third-order valence-corrected chi connectivity index (χ3v) is 3.08. The second-order valence-electron chi connectivity index (χ2n) is 4.06. The zero-order chi connectivity index (χ0) is 14.7. The minimum absolute atomic E-state index is 0.00789. The average molecular weight is 293 g/mol. The van der Waals surface area contributed by atoms with E-state index in [0.717, 1.165) is 11.1 Å². The third-order valence-electron chi connectivity index (χ3n) is 2.82. The maximum Gasteiger partial charge on any atom is 0.377 e. The molecule has 1 aromatic heterocycles. The topological polar surface area (TPSA) is 104 Å². The molecule has 0 saturated heterocycles. The van der Waals surface area contributed by atoms with E-state index in [2.05, 4.69) is 14.8 Å². The molecule has 0 saturated carbocycles. The molecule has 2 aromatic rings. The minimum atomic E-state index is -0.782. The van der Waals surface area contributed by atoms with Crippen LogP contribution < -0.4 is 11.6 Å². The van der Waals surface area contributed by atoms with E-state index in [1.165, 1.54) is 0 Å². The highest BCUT2D eigenvalue weighted by atomic mass is 35.5. The van der Waals surface area contributed by atoms with Gasteiger partial charge in [0.15, 0.2) is 10.8 Å². The lowest BCUT2D eigenvalue weighted by atomic mass is 10.0. The van der Waals surface area contributed by atoms with Gasteiger partial charge in [0.2, 0.25) is 0 Å². The fraction of sp³-hybridized carbons (Fsp3) is 0.154. The predicted octanol–water partition coefficient (Wildman–Crippen LogP) is 1.59. The number of rotatable bonds is 3. The van der Waals surface area contributed by atoms with Crippen molar-refractivity contribution in [3.63, 3.8) is 0 Å². The van der Waals surface area contributed by atoms with Crippen molar-refractivity contribution >= 4 is 17.6 Å². The highest BCUT2D eigenvalue weighted by Gasteiger charge is 2.18. The van der Waals surface area contributed by atoms with Crippen molar-refractivity contribution in [2.45, 2.75) is 13.5 Å². The van der Waals surface area contributed by atoms with Crippen LogP contribution >= 0.6 is 11.6 Å². The van der Waals surface area contributed by atoms with Gasteiger partial charge < -0.3 is 10.6 Å². The van der Waals surface area contributed by atoms with Crippen molar-refractivity contribution in [1.82, 2.24) is 9.97 Å². The van der Waals surface area contributed by atoms with E-state index >= 15 is 0 Å². The van der Waals surface area contributed by atoms with Gasteiger partial charge in [-0.2, -0.15) is 5.90 Å². The summed E-state index contributed by atoms with van der Waals surface area (Å²) in [5, 5.41) is 0.0944. The fourth-order valence-electron chi connectivity index (χ4n) is 1.85. The number of carbonyl (C=O) groups excluding carboxylic acids is 1. The van der Waals surface area contributed by atoms with Gasteiger partial charge in [0.25, 0.3) is 0 Å². The molecule has 104 valence electrons. The molecule has 1 aromatic carbocycles. The second kappa shape index (κ2) is 5.96. The van der Waals surface area contributed by atoms with Gasteiger partial charge >= 0.3 is 5.97 Å². The SMILES string of the molecule is Cc1nc(-c2ccccc2CN)c(Cl)nc1C(=O)ON. The first kappa shape index (κ1) is 14.4. The molecular formula is C13H13ClN4O2. The van der Waals surface area contributed by atoms with Crippen LogP contribution in [0, 0.1) is 6.92 Å². The van der Waals surface area contributed by atoms with Gasteiger partial charge in [0, 0.05) is 12.1 Å². The Labute approximate surface area is 120 Å². The van der Waals surface area contributed by atoms with E-state index < -0.39 is 5.97 Å². The number of hydrogen-bond donors (Lipinski definition) is 2. The van der Waals surface area contributed by atoms with Crippen LogP contribution in [0.5, 0.6) is 0 Å². The first-order valence-corrected chi connectivity index (χ1v) is 6.19. The van der Waals surface area contributed by atoms with Crippen LogP contribution in [0.2, 0.25) is 5.15 Å². The molecule has 4 N–H and O–H groups in total. The molecule has 0 aliphatic carbocycles. The number of aromatic nitrogens is 2. The first-order valence-electron chi connectivity index (χ1n) is 5.82. The monoisotopic (exact) mass is 292 g/mol. The smallest absolute Gasteiger partial charge is 0.368 e. The highest BCUT2D eigenvalue weighted by molar-refractivity contribution is 6.32. The van der Waals surface area contributed by atoms with Crippen molar-refractivity contribution < 1.29 is 9.63 Å². The summed E-state index contributed by atoms with van der Waals surface area (Å²) in [6.45, 7) is 1.98. The number of benzene rings is 1. The number of nitrogens with two attached hydrogens (primary N) is 2. The van der Waals surface area contributed by atoms with Crippen molar-refractivity contribution in [2.24, 2.45) is 11.6 Å². The molecule has 0 amide bonds. The lowest BCUT2D eigenvalue weighted by Gasteiger charge is -2.10. The van der Waals surface area contributed by atoms with Crippen LogP contribution in [0.3, 0.4) is 0 Å². The number of carbonyl (C=O) groups is 1. The molecule has 0 aliphatic heterocycles. The van der Waals surface area contributed by atoms with Crippen molar-refractivity contribution in [1.29, 1.82) is 0 Å². The summed E-state index contributed by atoms with van der Waals surface area (Å²) in [6.07, 6.45) is 0.